The zero-order valence-corrected chi connectivity index (χ0v) is 15.7. The van der Waals surface area contributed by atoms with Crippen molar-refractivity contribution in [3.05, 3.63) is 28.9 Å². The fourth-order valence-electron chi connectivity index (χ4n) is 3.86. The summed E-state index contributed by atoms with van der Waals surface area (Å²) >= 11 is 6.13. The number of carbonyl (C=O) groups is 1. The van der Waals surface area contributed by atoms with E-state index in [1.54, 1.807) is 25.4 Å². The SMILES string of the molecule is COc1cc2c(C(=O)OCC34CCN(CC3)CC4)c[nH]c2cc1Cl.Cl. The number of fused-ring (bicyclic) bond motifs is 4. The van der Waals surface area contributed by atoms with Crippen molar-refractivity contribution in [1.82, 2.24) is 9.88 Å². The van der Waals surface area contributed by atoms with Crippen molar-refractivity contribution in [1.29, 1.82) is 0 Å². The number of H-pyrrole nitrogens is 1. The Labute approximate surface area is 158 Å². The van der Waals surface area contributed by atoms with E-state index < -0.39 is 0 Å². The van der Waals surface area contributed by atoms with Crippen molar-refractivity contribution < 1.29 is 14.3 Å². The largest absolute Gasteiger partial charge is 0.495 e. The van der Waals surface area contributed by atoms with Gasteiger partial charge < -0.3 is 19.4 Å². The molecule has 0 amide bonds. The second kappa shape index (κ2) is 7.06. The van der Waals surface area contributed by atoms with Crippen molar-refractivity contribution in [3.63, 3.8) is 0 Å². The molecule has 0 atom stereocenters. The summed E-state index contributed by atoms with van der Waals surface area (Å²) in [7, 11) is 1.56. The van der Waals surface area contributed by atoms with Gasteiger partial charge in [-0.15, -0.1) is 12.4 Å². The Kier molecular flexibility index (Phi) is 5.19. The summed E-state index contributed by atoms with van der Waals surface area (Å²) in [6, 6.07) is 3.55. The Morgan fingerprint density at radius 2 is 1.96 bits per heavy atom. The number of nitrogens with zero attached hydrogens (tertiary/aromatic N) is 1. The summed E-state index contributed by atoms with van der Waals surface area (Å²) in [6.45, 7) is 3.89. The Morgan fingerprint density at radius 1 is 1.28 bits per heavy atom. The number of halogens is 2. The predicted octanol–water partition coefficient (Wildman–Crippen LogP) is 3.89. The van der Waals surface area contributed by atoms with Crippen LogP contribution in [-0.4, -0.2) is 49.2 Å². The number of aromatic nitrogens is 1. The number of aromatic amines is 1. The topological polar surface area (TPSA) is 54.6 Å². The molecule has 5 rings (SSSR count). The lowest BCUT2D eigenvalue weighted by Gasteiger charge is -2.47. The molecule has 3 aliphatic heterocycles. The minimum Gasteiger partial charge on any atom is -0.495 e. The maximum atomic E-state index is 12.6. The van der Waals surface area contributed by atoms with E-state index in [0.717, 1.165) is 49.8 Å². The number of piperidine rings is 3. The zero-order valence-electron chi connectivity index (χ0n) is 14.1. The molecule has 1 aromatic carbocycles. The average Bonchev–Trinajstić information content (AvgIpc) is 3.03. The van der Waals surface area contributed by atoms with E-state index in [0.29, 0.717) is 22.9 Å². The fourth-order valence-corrected chi connectivity index (χ4v) is 4.10. The monoisotopic (exact) mass is 384 g/mol. The lowest BCUT2D eigenvalue weighted by atomic mass is 9.73. The van der Waals surface area contributed by atoms with E-state index in [1.807, 2.05) is 0 Å². The average molecular weight is 385 g/mol. The predicted molar refractivity (Wildman–Crippen MR) is 100 cm³/mol. The second-order valence-electron chi connectivity index (χ2n) is 6.90. The van der Waals surface area contributed by atoms with E-state index in [4.69, 9.17) is 21.1 Å². The molecule has 0 saturated carbocycles. The lowest BCUT2D eigenvalue weighted by molar-refractivity contribution is -0.0304. The number of esters is 1. The molecule has 0 radical (unpaired) electrons. The highest BCUT2D eigenvalue weighted by Crippen LogP contribution is 2.40. The van der Waals surface area contributed by atoms with Crippen LogP contribution in [0.1, 0.15) is 29.6 Å². The smallest absolute Gasteiger partial charge is 0.340 e. The Balaban J connectivity index is 0.00000182. The lowest BCUT2D eigenvalue weighted by Crippen LogP contribution is -2.50. The van der Waals surface area contributed by atoms with E-state index >= 15 is 0 Å². The number of ether oxygens (including phenoxy) is 2. The van der Waals surface area contributed by atoms with Crippen molar-refractivity contribution in [2.45, 2.75) is 19.3 Å². The third-order valence-corrected chi connectivity index (χ3v) is 5.85. The van der Waals surface area contributed by atoms with Gasteiger partial charge in [-0.25, -0.2) is 4.79 Å². The van der Waals surface area contributed by atoms with Gasteiger partial charge >= 0.3 is 5.97 Å². The van der Waals surface area contributed by atoms with Crippen LogP contribution in [0.25, 0.3) is 10.9 Å². The molecule has 7 heteroatoms. The van der Waals surface area contributed by atoms with E-state index in [1.165, 1.54) is 0 Å². The molecule has 3 fully saturated rings. The minimum absolute atomic E-state index is 0. The maximum Gasteiger partial charge on any atom is 0.340 e. The first-order chi connectivity index (χ1) is 11.6. The van der Waals surface area contributed by atoms with Crippen LogP contribution in [0.2, 0.25) is 5.02 Å². The summed E-state index contributed by atoms with van der Waals surface area (Å²) in [5, 5.41) is 1.29. The molecule has 5 nitrogen and oxygen atoms in total. The first kappa shape index (κ1) is 18.4. The highest BCUT2D eigenvalue weighted by Gasteiger charge is 2.40. The Hall–Kier alpha value is -1.43. The molecule has 2 aromatic rings. The third kappa shape index (κ3) is 3.33. The van der Waals surface area contributed by atoms with Crippen molar-refractivity contribution in [2.24, 2.45) is 5.41 Å². The van der Waals surface area contributed by atoms with Crippen LogP contribution in [-0.2, 0) is 4.74 Å². The first-order valence-electron chi connectivity index (χ1n) is 8.34. The maximum absolute atomic E-state index is 12.6. The number of hydrogen-bond donors (Lipinski definition) is 1. The van der Waals surface area contributed by atoms with Crippen LogP contribution in [0, 0.1) is 5.41 Å². The number of hydrogen-bond acceptors (Lipinski definition) is 4. The van der Waals surface area contributed by atoms with Gasteiger partial charge in [0.05, 0.1) is 24.3 Å². The van der Waals surface area contributed by atoms with E-state index in [-0.39, 0.29) is 23.8 Å². The number of carbonyl (C=O) groups excluding carboxylic acids is 1. The van der Waals surface area contributed by atoms with Crippen molar-refractivity contribution in [2.75, 3.05) is 33.4 Å². The molecule has 136 valence electrons. The number of rotatable bonds is 4. The van der Waals surface area contributed by atoms with Gasteiger partial charge in [-0.1, -0.05) is 11.6 Å². The van der Waals surface area contributed by atoms with Crippen LogP contribution in [0.4, 0.5) is 0 Å². The van der Waals surface area contributed by atoms with Gasteiger partial charge in [0.2, 0.25) is 0 Å². The normalized spacial score (nSPS) is 24.8. The molecule has 0 spiro atoms. The third-order valence-electron chi connectivity index (χ3n) is 5.56. The molecule has 0 aliphatic carbocycles. The molecular weight excluding hydrogens is 363 g/mol. The Morgan fingerprint density at radius 3 is 2.60 bits per heavy atom. The number of benzene rings is 1. The van der Waals surface area contributed by atoms with Crippen LogP contribution in [0.15, 0.2) is 18.3 Å². The standard InChI is InChI=1S/C18H21ClN2O3.ClH/c1-23-16-8-12-13(10-20-15(12)9-14(16)19)17(22)24-11-18-2-5-21(6-3-18)7-4-18;/h8-10,20H,2-7,11H2,1H3;1H. The second-order valence-corrected chi connectivity index (χ2v) is 7.31. The van der Waals surface area contributed by atoms with E-state index in [2.05, 4.69) is 9.88 Å². The van der Waals surface area contributed by atoms with Gasteiger partial charge in [0, 0.05) is 22.5 Å². The molecule has 4 heterocycles. The van der Waals surface area contributed by atoms with Crippen LogP contribution < -0.4 is 4.74 Å². The van der Waals surface area contributed by atoms with Gasteiger partial charge in [0.25, 0.3) is 0 Å². The first-order valence-corrected chi connectivity index (χ1v) is 8.72. The summed E-state index contributed by atoms with van der Waals surface area (Å²) in [5.41, 5.74) is 1.51. The van der Waals surface area contributed by atoms with E-state index in [9.17, 15) is 4.79 Å². The summed E-state index contributed by atoms with van der Waals surface area (Å²) in [4.78, 5) is 18.2. The van der Waals surface area contributed by atoms with Gasteiger partial charge in [0.15, 0.2) is 0 Å². The van der Waals surface area contributed by atoms with Crippen LogP contribution in [0.5, 0.6) is 5.75 Å². The van der Waals surface area contributed by atoms with Gasteiger partial charge in [0.1, 0.15) is 5.75 Å². The van der Waals surface area contributed by atoms with Gasteiger partial charge in [-0.3, -0.25) is 0 Å². The van der Waals surface area contributed by atoms with Crippen molar-refractivity contribution >= 4 is 40.9 Å². The summed E-state index contributed by atoms with van der Waals surface area (Å²) < 4.78 is 11.0. The Bertz CT molecular complexity index is 768. The van der Waals surface area contributed by atoms with Crippen molar-refractivity contribution in [3.8, 4) is 5.75 Å². The zero-order chi connectivity index (χ0) is 16.7. The molecule has 3 saturated heterocycles. The molecule has 1 N–H and O–H groups in total. The van der Waals surface area contributed by atoms with Gasteiger partial charge in [-0.05, 0) is 51.0 Å². The van der Waals surface area contributed by atoms with Crippen LogP contribution >= 0.6 is 24.0 Å². The highest BCUT2D eigenvalue weighted by atomic mass is 35.5. The number of methoxy groups -OCH3 is 1. The molecule has 0 unspecified atom stereocenters. The molecular formula is C18H22Cl2N2O3. The van der Waals surface area contributed by atoms with Crippen LogP contribution in [0.3, 0.4) is 0 Å². The number of nitrogens with one attached hydrogen (secondary N) is 1. The summed E-state index contributed by atoms with van der Waals surface area (Å²) in [5.74, 6) is 0.268. The van der Waals surface area contributed by atoms with Gasteiger partial charge in [-0.2, -0.15) is 0 Å². The fraction of sp³-hybridized carbons (Fsp3) is 0.500. The molecule has 1 aromatic heterocycles. The minimum atomic E-state index is -0.284. The highest BCUT2D eigenvalue weighted by molar-refractivity contribution is 6.33. The molecule has 3 aliphatic rings. The molecule has 25 heavy (non-hydrogen) atoms. The quantitative estimate of drug-likeness (QED) is 0.812. The summed E-state index contributed by atoms with van der Waals surface area (Å²) in [6.07, 6.45) is 5.05. The molecule has 2 bridgehead atoms.